The van der Waals surface area contributed by atoms with E-state index in [0.29, 0.717) is 11.8 Å². The van der Waals surface area contributed by atoms with E-state index in [-0.39, 0.29) is 0 Å². The highest BCUT2D eigenvalue weighted by molar-refractivity contribution is 7.99. The normalized spacial score (nSPS) is 22.5. The maximum atomic E-state index is 5.51. The van der Waals surface area contributed by atoms with Crippen molar-refractivity contribution in [2.45, 2.75) is 30.9 Å². The Labute approximate surface area is 93.3 Å². The maximum absolute atomic E-state index is 5.51. The van der Waals surface area contributed by atoms with Gasteiger partial charge in [-0.3, -0.25) is 0 Å². The minimum absolute atomic E-state index is 0.667. The molecule has 0 amide bonds. The van der Waals surface area contributed by atoms with Crippen LogP contribution in [0.5, 0.6) is 0 Å². The van der Waals surface area contributed by atoms with Crippen molar-refractivity contribution < 1.29 is 0 Å². The fourth-order valence-corrected chi connectivity index (χ4v) is 4.09. The average molecular weight is 228 g/mol. The van der Waals surface area contributed by atoms with Crippen LogP contribution in [0.2, 0.25) is 0 Å². The Balaban J connectivity index is 2.00. The standard InChI is InChI=1S/C10H16N2S2/c11-5-4-8-7-14-10(12-8)9-3-1-2-6-13-9/h7,9H,1-6,11H2. The summed E-state index contributed by atoms with van der Waals surface area (Å²) in [4.78, 5) is 4.64. The second-order valence-corrected chi connectivity index (χ2v) is 5.77. The molecule has 14 heavy (non-hydrogen) atoms. The van der Waals surface area contributed by atoms with Gasteiger partial charge in [-0.1, -0.05) is 6.42 Å². The van der Waals surface area contributed by atoms with Crippen LogP contribution in [0.1, 0.15) is 35.2 Å². The monoisotopic (exact) mass is 228 g/mol. The lowest BCUT2D eigenvalue weighted by atomic mass is 10.2. The summed E-state index contributed by atoms with van der Waals surface area (Å²) in [6, 6.07) is 0. The molecule has 0 radical (unpaired) electrons. The first-order valence-corrected chi connectivity index (χ1v) is 7.09. The van der Waals surface area contributed by atoms with Crippen LogP contribution in [0.4, 0.5) is 0 Å². The Morgan fingerprint density at radius 3 is 3.14 bits per heavy atom. The van der Waals surface area contributed by atoms with E-state index >= 15 is 0 Å². The van der Waals surface area contributed by atoms with E-state index in [0.717, 1.165) is 6.42 Å². The molecule has 1 aromatic heterocycles. The summed E-state index contributed by atoms with van der Waals surface area (Å²) < 4.78 is 0. The molecular weight excluding hydrogens is 212 g/mol. The van der Waals surface area contributed by atoms with Gasteiger partial charge in [0.15, 0.2) is 0 Å². The van der Waals surface area contributed by atoms with Crippen molar-refractivity contribution in [3.05, 3.63) is 16.1 Å². The zero-order valence-electron chi connectivity index (χ0n) is 8.24. The molecule has 1 fully saturated rings. The zero-order valence-corrected chi connectivity index (χ0v) is 9.87. The van der Waals surface area contributed by atoms with Gasteiger partial charge >= 0.3 is 0 Å². The maximum Gasteiger partial charge on any atom is 0.106 e. The second-order valence-electron chi connectivity index (χ2n) is 3.57. The van der Waals surface area contributed by atoms with Crippen LogP contribution in [0.15, 0.2) is 5.38 Å². The molecule has 0 spiro atoms. The number of rotatable bonds is 3. The lowest BCUT2D eigenvalue weighted by Gasteiger charge is -2.18. The van der Waals surface area contributed by atoms with Crippen molar-refractivity contribution in [1.82, 2.24) is 4.98 Å². The van der Waals surface area contributed by atoms with E-state index in [1.807, 2.05) is 11.3 Å². The lowest BCUT2D eigenvalue weighted by Crippen LogP contribution is -2.04. The molecule has 4 heteroatoms. The third-order valence-electron chi connectivity index (χ3n) is 2.43. The fraction of sp³-hybridized carbons (Fsp3) is 0.700. The number of nitrogens with zero attached hydrogens (tertiary/aromatic N) is 1. The minimum atomic E-state index is 0.667. The zero-order chi connectivity index (χ0) is 9.80. The number of hydrogen-bond donors (Lipinski definition) is 1. The van der Waals surface area contributed by atoms with Crippen LogP contribution < -0.4 is 5.73 Å². The molecule has 1 aliphatic rings. The molecule has 0 bridgehead atoms. The predicted molar refractivity (Wildman–Crippen MR) is 63.9 cm³/mol. The van der Waals surface area contributed by atoms with Crippen LogP contribution in [-0.2, 0) is 6.42 Å². The van der Waals surface area contributed by atoms with Crippen molar-refractivity contribution >= 4 is 23.1 Å². The Kier molecular flexibility index (Phi) is 3.84. The second kappa shape index (κ2) is 5.14. The molecule has 2 nitrogen and oxygen atoms in total. The molecule has 0 saturated carbocycles. The molecule has 1 saturated heterocycles. The smallest absolute Gasteiger partial charge is 0.106 e. The summed E-state index contributed by atoms with van der Waals surface area (Å²) in [5.74, 6) is 1.30. The first-order chi connectivity index (χ1) is 6.90. The van der Waals surface area contributed by atoms with Crippen LogP contribution in [-0.4, -0.2) is 17.3 Å². The Hall–Kier alpha value is -0.0600. The number of thioether (sulfide) groups is 1. The molecule has 78 valence electrons. The largest absolute Gasteiger partial charge is 0.330 e. The molecule has 1 aliphatic heterocycles. The fourth-order valence-electron chi connectivity index (χ4n) is 1.67. The lowest BCUT2D eigenvalue weighted by molar-refractivity contribution is 0.682. The highest BCUT2D eigenvalue weighted by atomic mass is 32.2. The van der Waals surface area contributed by atoms with Gasteiger partial charge in [0.25, 0.3) is 0 Å². The van der Waals surface area contributed by atoms with Crippen molar-refractivity contribution in [1.29, 1.82) is 0 Å². The molecule has 0 aromatic carbocycles. The van der Waals surface area contributed by atoms with Crippen LogP contribution in [0, 0.1) is 0 Å². The highest BCUT2D eigenvalue weighted by Gasteiger charge is 2.18. The molecular formula is C10H16N2S2. The molecule has 2 rings (SSSR count). The summed E-state index contributed by atoms with van der Waals surface area (Å²) in [5, 5.41) is 4.15. The number of aromatic nitrogens is 1. The highest BCUT2D eigenvalue weighted by Crippen LogP contribution is 2.39. The van der Waals surface area contributed by atoms with Crippen LogP contribution >= 0.6 is 23.1 Å². The average Bonchev–Trinajstić information content (AvgIpc) is 2.68. The van der Waals surface area contributed by atoms with E-state index in [4.69, 9.17) is 5.73 Å². The van der Waals surface area contributed by atoms with Crippen LogP contribution in [0.25, 0.3) is 0 Å². The summed E-state index contributed by atoms with van der Waals surface area (Å²) in [5.41, 5.74) is 6.69. The molecule has 0 aliphatic carbocycles. The van der Waals surface area contributed by atoms with Gasteiger partial charge in [-0.25, -0.2) is 4.98 Å². The summed E-state index contributed by atoms with van der Waals surface area (Å²) in [7, 11) is 0. The van der Waals surface area contributed by atoms with Gasteiger partial charge in [0.2, 0.25) is 0 Å². The van der Waals surface area contributed by atoms with Gasteiger partial charge in [-0.2, -0.15) is 11.8 Å². The summed E-state index contributed by atoms with van der Waals surface area (Å²) in [6.07, 6.45) is 4.97. The van der Waals surface area contributed by atoms with E-state index in [1.54, 1.807) is 0 Å². The Morgan fingerprint density at radius 1 is 1.50 bits per heavy atom. The summed E-state index contributed by atoms with van der Waals surface area (Å²) in [6.45, 7) is 0.709. The van der Waals surface area contributed by atoms with E-state index in [1.165, 1.54) is 35.7 Å². The Morgan fingerprint density at radius 2 is 2.43 bits per heavy atom. The van der Waals surface area contributed by atoms with Crippen molar-refractivity contribution in [2.24, 2.45) is 5.73 Å². The molecule has 2 N–H and O–H groups in total. The van der Waals surface area contributed by atoms with Gasteiger partial charge in [-0.05, 0) is 25.1 Å². The van der Waals surface area contributed by atoms with Crippen molar-refractivity contribution in [2.75, 3.05) is 12.3 Å². The van der Waals surface area contributed by atoms with Gasteiger partial charge in [-0.15, -0.1) is 11.3 Å². The van der Waals surface area contributed by atoms with E-state index in [9.17, 15) is 0 Å². The first-order valence-electron chi connectivity index (χ1n) is 5.16. The minimum Gasteiger partial charge on any atom is -0.330 e. The molecule has 2 heterocycles. The van der Waals surface area contributed by atoms with E-state index in [2.05, 4.69) is 22.1 Å². The molecule has 1 atom stereocenters. The topological polar surface area (TPSA) is 38.9 Å². The third kappa shape index (κ3) is 2.49. The molecule has 1 unspecified atom stereocenters. The van der Waals surface area contributed by atoms with E-state index < -0.39 is 0 Å². The van der Waals surface area contributed by atoms with Crippen molar-refractivity contribution in [3.63, 3.8) is 0 Å². The quantitative estimate of drug-likeness (QED) is 0.864. The summed E-state index contributed by atoms with van der Waals surface area (Å²) >= 11 is 3.87. The number of thiazole rings is 1. The Bertz CT molecular complexity index is 279. The first kappa shape index (κ1) is 10.5. The van der Waals surface area contributed by atoms with Crippen LogP contribution in [0.3, 0.4) is 0 Å². The van der Waals surface area contributed by atoms with Crippen molar-refractivity contribution in [3.8, 4) is 0 Å². The van der Waals surface area contributed by atoms with Gasteiger partial charge in [0.05, 0.1) is 10.9 Å². The number of nitrogens with two attached hydrogens (primary N) is 1. The van der Waals surface area contributed by atoms with Gasteiger partial charge in [0, 0.05) is 11.8 Å². The van der Waals surface area contributed by atoms with Gasteiger partial charge in [0.1, 0.15) is 5.01 Å². The predicted octanol–water partition coefficient (Wildman–Crippen LogP) is 2.60. The third-order valence-corrected chi connectivity index (χ3v) is 4.97. The SMILES string of the molecule is NCCc1csc(C2CCCCS2)n1. The number of hydrogen-bond acceptors (Lipinski definition) is 4. The molecule has 1 aromatic rings. The van der Waals surface area contributed by atoms with Gasteiger partial charge < -0.3 is 5.73 Å².